The van der Waals surface area contributed by atoms with Crippen LogP contribution in [0.3, 0.4) is 0 Å². The van der Waals surface area contributed by atoms with E-state index in [4.69, 9.17) is 4.74 Å². The molecular formula is C14H17N3O3S. The predicted molar refractivity (Wildman–Crippen MR) is 83.0 cm³/mol. The average Bonchev–Trinajstić information content (AvgIpc) is 2.81. The topological polar surface area (TPSA) is 77.3 Å². The van der Waals surface area contributed by atoms with Crippen molar-refractivity contribution in [2.75, 3.05) is 5.32 Å². The van der Waals surface area contributed by atoms with Crippen molar-refractivity contribution in [3.8, 4) is 5.75 Å². The van der Waals surface area contributed by atoms with Crippen LogP contribution in [0.1, 0.15) is 23.7 Å². The van der Waals surface area contributed by atoms with Gasteiger partial charge in [-0.05, 0) is 20.8 Å². The van der Waals surface area contributed by atoms with Crippen LogP contribution in [0.2, 0.25) is 0 Å². The summed E-state index contributed by atoms with van der Waals surface area (Å²) in [5, 5.41) is 15.1. The Morgan fingerprint density at radius 2 is 2.19 bits per heavy atom. The lowest BCUT2D eigenvalue weighted by Gasteiger charge is -2.12. The molecule has 7 heteroatoms. The number of anilines is 1. The molecule has 112 valence electrons. The van der Waals surface area contributed by atoms with E-state index in [1.165, 1.54) is 12.1 Å². The molecule has 0 aliphatic heterocycles. The smallest absolute Gasteiger partial charge is 0.275 e. The van der Waals surface area contributed by atoms with Crippen molar-refractivity contribution in [1.29, 1.82) is 0 Å². The van der Waals surface area contributed by atoms with Crippen molar-refractivity contribution in [3.63, 3.8) is 0 Å². The Labute approximate surface area is 126 Å². The van der Waals surface area contributed by atoms with E-state index < -0.39 is 4.92 Å². The molecule has 1 aromatic heterocycles. The summed E-state index contributed by atoms with van der Waals surface area (Å²) in [5.41, 5.74) is 0.669. The lowest BCUT2D eigenvalue weighted by molar-refractivity contribution is -0.384. The first-order chi connectivity index (χ1) is 9.94. The molecule has 0 saturated carbocycles. The summed E-state index contributed by atoms with van der Waals surface area (Å²) in [6.07, 6.45) is 1.76. The molecule has 0 aliphatic carbocycles. The van der Waals surface area contributed by atoms with Crippen LogP contribution in [-0.2, 0) is 6.54 Å². The van der Waals surface area contributed by atoms with Crippen LogP contribution in [0, 0.1) is 17.0 Å². The molecule has 2 rings (SSSR count). The zero-order valence-corrected chi connectivity index (χ0v) is 12.9. The van der Waals surface area contributed by atoms with E-state index in [2.05, 4.69) is 10.3 Å². The maximum Gasteiger partial charge on any atom is 0.275 e. The minimum absolute atomic E-state index is 0.0103. The molecule has 0 atom stereocenters. The van der Waals surface area contributed by atoms with E-state index >= 15 is 0 Å². The van der Waals surface area contributed by atoms with Gasteiger partial charge in [-0.1, -0.05) is 0 Å². The highest BCUT2D eigenvalue weighted by molar-refractivity contribution is 7.11. The van der Waals surface area contributed by atoms with Crippen molar-refractivity contribution in [2.24, 2.45) is 0 Å². The fraction of sp³-hybridized carbons (Fsp3) is 0.357. The van der Waals surface area contributed by atoms with Gasteiger partial charge in [0.15, 0.2) is 0 Å². The third kappa shape index (κ3) is 4.42. The van der Waals surface area contributed by atoms with Crippen LogP contribution < -0.4 is 10.1 Å². The molecule has 0 aliphatic rings. The van der Waals surface area contributed by atoms with Gasteiger partial charge >= 0.3 is 0 Å². The summed E-state index contributed by atoms with van der Waals surface area (Å²) in [6.45, 7) is 6.28. The lowest BCUT2D eigenvalue weighted by atomic mass is 10.2. The minimum atomic E-state index is -0.421. The van der Waals surface area contributed by atoms with E-state index in [-0.39, 0.29) is 11.8 Å². The van der Waals surface area contributed by atoms with Crippen molar-refractivity contribution in [2.45, 2.75) is 33.4 Å². The fourth-order valence-electron chi connectivity index (χ4n) is 1.81. The number of hydrogen-bond acceptors (Lipinski definition) is 6. The lowest BCUT2D eigenvalue weighted by Crippen LogP contribution is -2.07. The first-order valence-electron chi connectivity index (χ1n) is 6.55. The van der Waals surface area contributed by atoms with Gasteiger partial charge in [-0.2, -0.15) is 0 Å². The normalized spacial score (nSPS) is 10.7. The summed E-state index contributed by atoms with van der Waals surface area (Å²) in [6, 6.07) is 4.70. The monoisotopic (exact) mass is 307 g/mol. The number of rotatable bonds is 6. The third-order valence-electron chi connectivity index (χ3n) is 2.61. The molecule has 6 nitrogen and oxygen atoms in total. The molecule has 1 aromatic carbocycles. The summed E-state index contributed by atoms with van der Waals surface area (Å²) in [7, 11) is 0. The Hall–Kier alpha value is -2.15. The van der Waals surface area contributed by atoms with Crippen LogP contribution in [0.15, 0.2) is 24.4 Å². The highest BCUT2D eigenvalue weighted by Gasteiger charge is 2.11. The molecule has 0 fully saturated rings. The van der Waals surface area contributed by atoms with Crippen molar-refractivity contribution in [1.82, 2.24) is 4.98 Å². The number of hydrogen-bond donors (Lipinski definition) is 1. The van der Waals surface area contributed by atoms with Crippen LogP contribution in [0.25, 0.3) is 0 Å². The number of non-ortho nitro benzene ring substituents is 1. The van der Waals surface area contributed by atoms with Crippen molar-refractivity contribution >= 4 is 22.7 Å². The van der Waals surface area contributed by atoms with Crippen LogP contribution in [0.5, 0.6) is 5.75 Å². The van der Waals surface area contributed by atoms with Gasteiger partial charge in [-0.15, -0.1) is 11.3 Å². The van der Waals surface area contributed by atoms with Gasteiger partial charge in [0.25, 0.3) is 5.69 Å². The van der Waals surface area contributed by atoms with Gasteiger partial charge in [0.1, 0.15) is 5.75 Å². The SMILES string of the molecule is Cc1ncc(CNc2cc(OC(C)C)cc([N+](=O)[O-])c2)s1. The first kappa shape index (κ1) is 15.2. The molecule has 1 heterocycles. The van der Waals surface area contributed by atoms with Gasteiger partial charge in [0, 0.05) is 28.9 Å². The van der Waals surface area contributed by atoms with Crippen LogP contribution in [0.4, 0.5) is 11.4 Å². The Bertz CT molecular complexity index is 640. The number of thiazole rings is 1. The Balaban J connectivity index is 2.16. The molecule has 1 N–H and O–H groups in total. The van der Waals surface area contributed by atoms with Gasteiger partial charge in [0.2, 0.25) is 0 Å². The number of aryl methyl sites for hydroxylation is 1. The molecule has 0 saturated heterocycles. The number of nitrogens with one attached hydrogen (secondary N) is 1. The quantitative estimate of drug-likeness (QED) is 0.649. The maximum absolute atomic E-state index is 11.0. The number of nitro benzene ring substituents is 1. The second kappa shape index (κ2) is 6.53. The molecule has 0 bridgehead atoms. The van der Waals surface area contributed by atoms with E-state index in [0.717, 1.165) is 9.88 Å². The highest BCUT2D eigenvalue weighted by Crippen LogP contribution is 2.27. The molecule has 0 amide bonds. The first-order valence-corrected chi connectivity index (χ1v) is 7.37. The summed E-state index contributed by atoms with van der Waals surface area (Å²) in [5.74, 6) is 0.488. The van der Waals surface area contributed by atoms with Crippen LogP contribution in [-0.4, -0.2) is 16.0 Å². The van der Waals surface area contributed by atoms with Gasteiger partial charge < -0.3 is 10.1 Å². The zero-order valence-electron chi connectivity index (χ0n) is 12.1. The second-order valence-electron chi connectivity index (χ2n) is 4.84. The number of benzene rings is 1. The summed E-state index contributed by atoms with van der Waals surface area (Å²) >= 11 is 1.59. The van der Waals surface area contributed by atoms with Crippen LogP contribution >= 0.6 is 11.3 Å². The van der Waals surface area contributed by atoms with E-state index in [0.29, 0.717) is 18.0 Å². The minimum Gasteiger partial charge on any atom is -0.491 e. The molecule has 2 aromatic rings. The largest absolute Gasteiger partial charge is 0.491 e. The summed E-state index contributed by atoms with van der Waals surface area (Å²) < 4.78 is 5.55. The zero-order chi connectivity index (χ0) is 15.4. The van der Waals surface area contributed by atoms with E-state index in [1.54, 1.807) is 23.6 Å². The maximum atomic E-state index is 11.0. The van der Waals surface area contributed by atoms with Gasteiger partial charge in [-0.25, -0.2) is 4.98 Å². The molecular weight excluding hydrogens is 290 g/mol. The van der Waals surface area contributed by atoms with E-state index in [1.807, 2.05) is 20.8 Å². The molecule has 21 heavy (non-hydrogen) atoms. The standard InChI is InChI=1S/C14H17N3O3S/c1-9(2)20-13-5-11(4-12(6-13)17(18)19)16-8-14-7-15-10(3)21-14/h4-7,9,16H,8H2,1-3H3. The molecule has 0 unspecified atom stereocenters. The molecule has 0 radical (unpaired) electrons. The Morgan fingerprint density at radius 1 is 1.43 bits per heavy atom. The van der Waals surface area contributed by atoms with Crippen molar-refractivity contribution in [3.05, 3.63) is 44.4 Å². The number of aromatic nitrogens is 1. The van der Waals surface area contributed by atoms with Gasteiger partial charge in [0.05, 0.1) is 28.6 Å². The fourth-order valence-corrected chi connectivity index (χ4v) is 2.54. The molecule has 0 spiro atoms. The summed E-state index contributed by atoms with van der Waals surface area (Å²) in [4.78, 5) is 15.8. The third-order valence-corrected chi connectivity index (χ3v) is 3.52. The Kier molecular flexibility index (Phi) is 4.74. The van der Waals surface area contributed by atoms with E-state index in [9.17, 15) is 10.1 Å². The average molecular weight is 307 g/mol. The highest BCUT2D eigenvalue weighted by atomic mass is 32.1. The second-order valence-corrected chi connectivity index (χ2v) is 6.16. The number of nitro groups is 1. The Morgan fingerprint density at radius 3 is 2.76 bits per heavy atom. The number of ether oxygens (including phenoxy) is 1. The predicted octanol–water partition coefficient (Wildman–Crippen LogP) is 3.76. The van der Waals surface area contributed by atoms with Gasteiger partial charge in [-0.3, -0.25) is 10.1 Å². The number of nitrogens with zero attached hydrogens (tertiary/aromatic N) is 2. The van der Waals surface area contributed by atoms with Crippen molar-refractivity contribution < 1.29 is 9.66 Å².